The third kappa shape index (κ3) is 5.00. The number of methoxy groups -OCH3 is 1. The van der Waals surface area contributed by atoms with Crippen molar-refractivity contribution in [1.29, 1.82) is 0 Å². The van der Waals surface area contributed by atoms with E-state index in [4.69, 9.17) is 21.1 Å². The highest BCUT2D eigenvalue weighted by Crippen LogP contribution is 2.18. The fourth-order valence-corrected chi connectivity index (χ4v) is 1.65. The first-order valence-electron chi connectivity index (χ1n) is 5.98. The Morgan fingerprint density at radius 2 is 2.17 bits per heavy atom. The number of alkyl halides is 1. The first-order chi connectivity index (χ1) is 8.67. The Balaban J connectivity index is 2.71. The fourth-order valence-electron chi connectivity index (χ4n) is 1.56. The third-order valence-corrected chi connectivity index (χ3v) is 2.57. The number of ether oxygens (including phenoxy) is 2. The Morgan fingerprint density at radius 1 is 1.39 bits per heavy atom. The highest BCUT2D eigenvalue weighted by molar-refractivity contribution is 6.18. The molecule has 0 amide bonds. The van der Waals surface area contributed by atoms with E-state index < -0.39 is 0 Å². The summed E-state index contributed by atoms with van der Waals surface area (Å²) in [7, 11) is 1.67. The predicted octanol–water partition coefficient (Wildman–Crippen LogP) is 3.39. The molecule has 2 nitrogen and oxygen atoms in total. The summed E-state index contributed by atoms with van der Waals surface area (Å²) in [6.45, 7) is 4.59. The monoisotopic (exact) mass is 266 g/mol. The fraction of sp³-hybridized carbons (Fsp3) is 0.467. The molecule has 18 heavy (non-hydrogen) atoms. The smallest absolute Gasteiger partial charge is 0.120 e. The summed E-state index contributed by atoms with van der Waals surface area (Å²) in [4.78, 5) is 0. The first-order valence-corrected chi connectivity index (χ1v) is 6.52. The highest BCUT2D eigenvalue weighted by Gasteiger charge is 2.04. The average molecular weight is 267 g/mol. The van der Waals surface area contributed by atoms with Crippen LogP contribution in [0.3, 0.4) is 0 Å². The maximum Gasteiger partial charge on any atom is 0.120 e. The molecule has 1 rings (SSSR count). The quantitative estimate of drug-likeness (QED) is 0.601. The molecule has 0 spiro atoms. The van der Waals surface area contributed by atoms with Crippen LogP contribution >= 0.6 is 11.6 Å². The van der Waals surface area contributed by atoms with E-state index in [1.807, 2.05) is 32.0 Å². The van der Waals surface area contributed by atoms with Gasteiger partial charge in [0.05, 0.1) is 6.61 Å². The van der Waals surface area contributed by atoms with E-state index in [0.29, 0.717) is 18.9 Å². The van der Waals surface area contributed by atoms with Crippen LogP contribution in [0.15, 0.2) is 18.2 Å². The highest BCUT2D eigenvalue weighted by atomic mass is 35.5. The summed E-state index contributed by atoms with van der Waals surface area (Å²) in [6, 6.07) is 5.91. The van der Waals surface area contributed by atoms with E-state index >= 15 is 0 Å². The lowest BCUT2D eigenvalue weighted by Gasteiger charge is -2.14. The topological polar surface area (TPSA) is 18.5 Å². The van der Waals surface area contributed by atoms with Crippen molar-refractivity contribution < 1.29 is 9.47 Å². The summed E-state index contributed by atoms with van der Waals surface area (Å²) >= 11 is 5.59. The molecule has 98 valence electrons. The molecular weight excluding hydrogens is 248 g/mol. The summed E-state index contributed by atoms with van der Waals surface area (Å²) in [6.07, 6.45) is 0.756. The van der Waals surface area contributed by atoms with Gasteiger partial charge in [-0.2, -0.15) is 0 Å². The van der Waals surface area contributed by atoms with Gasteiger partial charge in [-0.1, -0.05) is 11.8 Å². The van der Waals surface area contributed by atoms with Gasteiger partial charge < -0.3 is 9.47 Å². The van der Waals surface area contributed by atoms with Crippen molar-refractivity contribution >= 4 is 11.6 Å². The standard InChI is InChI=1S/C15H19ClO2/c1-12-10-15(18-13(2)11-17-3)8-7-14(12)6-4-5-9-16/h7-8,10,13H,5,9,11H2,1-3H3. The molecule has 0 saturated carbocycles. The Bertz CT molecular complexity index is 432. The summed E-state index contributed by atoms with van der Waals surface area (Å²) in [5.41, 5.74) is 2.13. The third-order valence-electron chi connectivity index (χ3n) is 2.38. The number of rotatable bonds is 5. The van der Waals surface area contributed by atoms with Gasteiger partial charge in [-0.05, 0) is 37.6 Å². The van der Waals surface area contributed by atoms with Gasteiger partial charge in [0.25, 0.3) is 0 Å². The number of halogens is 1. The predicted molar refractivity (Wildman–Crippen MR) is 75.4 cm³/mol. The van der Waals surface area contributed by atoms with E-state index in [9.17, 15) is 0 Å². The van der Waals surface area contributed by atoms with Crippen molar-refractivity contribution in [3.05, 3.63) is 29.3 Å². The lowest BCUT2D eigenvalue weighted by Crippen LogP contribution is -2.17. The largest absolute Gasteiger partial charge is 0.488 e. The SMILES string of the molecule is COCC(C)Oc1ccc(C#CCCCl)c(C)c1. The van der Waals surface area contributed by atoms with Gasteiger partial charge in [0.15, 0.2) is 0 Å². The second-order valence-corrected chi connectivity index (χ2v) is 4.48. The van der Waals surface area contributed by atoms with Crippen LogP contribution in [-0.2, 0) is 4.74 Å². The van der Waals surface area contributed by atoms with Crippen LogP contribution in [-0.4, -0.2) is 25.7 Å². The normalized spacial score (nSPS) is 11.6. The maximum atomic E-state index is 5.72. The first kappa shape index (κ1) is 14.9. The zero-order chi connectivity index (χ0) is 13.4. The van der Waals surface area contributed by atoms with Gasteiger partial charge in [-0.25, -0.2) is 0 Å². The van der Waals surface area contributed by atoms with Crippen molar-refractivity contribution in [2.24, 2.45) is 0 Å². The minimum Gasteiger partial charge on any atom is -0.488 e. The zero-order valence-electron chi connectivity index (χ0n) is 11.1. The van der Waals surface area contributed by atoms with Crippen LogP contribution < -0.4 is 4.74 Å². The van der Waals surface area contributed by atoms with Gasteiger partial charge in [-0.15, -0.1) is 11.6 Å². The van der Waals surface area contributed by atoms with Crippen LogP contribution in [0.5, 0.6) is 5.75 Å². The molecule has 0 aliphatic rings. The van der Waals surface area contributed by atoms with Crippen LogP contribution in [0.2, 0.25) is 0 Å². The second kappa shape index (κ2) is 8.02. The van der Waals surface area contributed by atoms with E-state index in [0.717, 1.165) is 16.9 Å². The van der Waals surface area contributed by atoms with Crippen LogP contribution in [0.1, 0.15) is 24.5 Å². The van der Waals surface area contributed by atoms with Gasteiger partial charge in [0, 0.05) is 25.0 Å². The van der Waals surface area contributed by atoms with Crippen LogP contribution in [0, 0.1) is 18.8 Å². The second-order valence-electron chi connectivity index (χ2n) is 4.10. The lowest BCUT2D eigenvalue weighted by atomic mass is 10.1. The molecule has 0 fully saturated rings. The van der Waals surface area contributed by atoms with Crippen molar-refractivity contribution in [3.8, 4) is 17.6 Å². The van der Waals surface area contributed by atoms with Gasteiger partial charge in [-0.3, -0.25) is 0 Å². The molecule has 0 heterocycles. The Kier molecular flexibility index (Phi) is 6.64. The summed E-state index contributed by atoms with van der Waals surface area (Å²) in [5.74, 6) is 7.55. The van der Waals surface area contributed by atoms with E-state index in [-0.39, 0.29) is 6.10 Å². The van der Waals surface area contributed by atoms with Crippen molar-refractivity contribution in [2.75, 3.05) is 19.6 Å². The average Bonchev–Trinajstić information content (AvgIpc) is 2.32. The molecule has 3 heteroatoms. The lowest BCUT2D eigenvalue weighted by molar-refractivity contribution is 0.0920. The van der Waals surface area contributed by atoms with E-state index in [2.05, 4.69) is 11.8 Å². The summed E-state index contributed by atoms with van der Waals surface area (Å²) in [5, 5.41) is 0. The molecule has 0 N–H and O–H groups in total. The molecule has 0 saturated heterocycles. The van der Waals surface area contributed by atoms with Gasteiger partial charge in [0.2, 0.25) is 0 Å². The van der Waals surface area contributed by atoms with Crippen molar-refractivity contribution in [2.45, 2.75) is 26.4 Å². The Labute approximate surface area is 114 Å². The molecular formula is C15H19ClO2. The van der Waals surface area contributed by atoms with Crippen molar-refractivity contribution in [3.63, 3.8) is 0 Å². The number of hydrogen-bond acceptors (Lipinski definition) is 2. The number of hydrogen-bond donors (Lipinski definition) is 0. The molecule has 1 atom stereocenters. The number of benzene rings is 1. The molecule has 0 aliphatic carbocycles. The Morgan fingerprint density at radius 3 is 2.78 bits per heavy atom. The molecule has 0 aliphatic heterocycles. The molecule has 0 radical (unpaired) electrons. The van der Waals surface area contributed by atoms with Gasteiger partial charge >= 0.3 is 0 Å². The minimum atomic E-state index is 0.0441. The zero-order valence-corrected chi connectivity index (χ0v) is 11.9. The summed E-state index contributed by atoms with van der Waals surface area (Å²) < 4.78 is 10.8. The molecule has 0 aromatic heterocycles. The van der Waals surface area contributed by atoms with Crippen LogP contribution in [0.4, 0.5) is 0 Å². The van der Waals surface area contributed by atoms with E-state index in [1.54, 1.807) is 7.11 Å². The van der Waals surface area contributed by atoms with Crippen molar-refractivity contribution in [1.82, 2.24) is 0 Å². The minimum absolute atomic E-state index is 0.0441. The molecule has 1 aromatic carbocycles. The van der Waals surface area contributed by atoms with Crippen LogP contribution in [0.25, 0.3) is 0 Å². The molecule has 1 aromatic rings. The Hall–Kier alpha value is -1.17. The van der Waals surface area contributed by atoms with E-state index in [1.165, 1.54) is 0 Å². The van der Waals surface area contributed by atoms with Gasteiger partial charge in [0.1, 0.15) is 11.9 Å². The number of aryl methyl sites for hydroxylation is 1. The maximum absolute atomic E-state index is 5.72. The molecule has 0 bridgehead atoms. The molecule has 1 unspecified atom stereocenters.